The van der Waals surface area contributed by atoms with Crippen LogP contribution in [0.15, 0.2) is 107 Å². The van der Waals surface area contributed by atoms with Crippen LogP contribution in [-0.2, 0) is 5.54 Å². The van der Waals surface area contributed by atoms with Gasteiger partial charge in [-0.05, 0) is 104 Å². The van der Waals surface area contributed by atoms with Crippen molar-refractivity contribution in [2.24, 2.45) is 9.98 Å². The second kappa shape index (κ2) is 10.1. The summed E-state index contributed by atoms with van der Waals surface area (Å²) in [6.07, 6.45) is 0. The van der Waals surface area contributed by atoms with E-state index in [2.05, 4.69) is 11.8 Å². The average molecular weight is 534 g/mol. The summed E-state index contributed by atoms with van der Waals surface area (Å²) in [6, 6.07) is 27.0. The lowest BCUT2D eigenvalue weighted by Crippen LogP contribution is -2.47. The van der Waals surface area contributed by atoms with Crippen LogP contribution in [0.1, 0.15) is 25.0 Å². The Morgan fingerprint density at radius 2 is 1.30 bits per heavy atom. The molecule has 3 nitrogen and oxygen atoms in total. The zero-order valence-corrected chi connectivity index (χ0v) is 21.7. The summed E-state index contributed by atoms with van der Waals surface area (Å²) in [7, 11) is 0. The fourth-order valence-electron chi connectivity index (χ4n) is 4.83. The number of nitrogens with zero attached hydrogens (tertiary/aromatic N) is 3. The number of rotatable bonds is 5. The minimum Gasteiger partial charge on any atom is -0.320 e. The number of hydrogen-bond donors (Lipinski definition) is 0. The van der Waals surface area contributed by atoms with Crippen LogP contribution in [0.2, 0.25) is 10.0 Å². The van der Waals surface area contributed by atoms with E-state index in [-0.39, 0.29) is 17.7 Å². The van der Waals surface area contributed by atoms with Gasteiger partial charge in [-0.15, -0.1) is 0 Å². The Morgan fingerprint density at radius 3 is 1.86 bits per heavy atom. The zero-order chi connectivity index (χ0) is 26.2. The van der Waals surface area contributed by atoms with Crippen LogP contribution in [0.4, 0.5) is 20.2 Å². The van der Waals surface area contributed by atoms with Crippen molar-refractivity contribution in [3.63, 3.8) is 0 Å². The summed E-state index contributed by atoms with van der Waals surface area (Å²) in [5.74, 6) is -0.0299. The second-order valence-corrected chi connectivity index (χ2v) is 9.78. The first-order chi connectivity index (χ1) is 17.8. The van der Waals surface area contributed by atoms with E-state index in [0.717, 1.165) is 22.5 Å². The van der Waals surface area contributed by atoms with Crippen molar-refractivity contribution in [3.8, 4) is 0 Å². The normalized spacial score (nSPS) is 19.7. The lowest BCUT2D eigenvalue weighted by molar-refractivity contribution is 0.526. The minimum atomic E-state index is -0.976. The lowest BCUT2D eigenvalue weighted by atomic mass is 9.80. The van der Waals surface area contributed by atoms with Crippen molar-refractivity contribution in [1.82, 2.24) is 0 Å². The summed E-state index contributed by atoms with van der Waals surface area (Å²) >= 11 is 12.3. The molecule has 4 aromatic rings. The summed E-state index contributed by atoms with van der Waals surface area (Å²) in [4.78, 5) is 12.3. The highest BCUT2D eigenvalue weighted by atomic mass is 35.5. The van der Waals surface area contributed by atoms with Gasteiger partial charge in [0.05, 0.1) is 11.7 Å². The van der Waals surface area contributed by atoms with Gasteiger partial charge in [0.2, 0.25) is 0 Å². The van der Waals surface area contributed by atoms with Crippen LogP contribution in [0, 0.1) is 11.6 Å². The Kier molecular flexibility index (Phi) is 6.84. The molecule has 0 fully saturated rings. The molecule has 2 unspecified atom stereocenters. The molecule has 7 heteroatoms. The quantitative estimate of drug-likeness (QED) is 0.236. The highest BCUT2D eigenvalue weighted by molar-refractivity contribution is 6.31. The van der Waals surface area contributed by atoms with Crippen molar-refractivity contribution in [1.29, 1.82) is 0 Å². The third kappa shape index (κ3) is 4.77. The Bertz CT molecular complexity index is 1470. The van der Waals surface area contributed by atoms with Crippen molar-refractivity contribution in [2.75, 3.05) is 4.90 Å². The summed E-state index contributed by atoms with van der Waals surface area (Å²) < 4.78 is 27.8. The van der Waals surface area contributed by atoms with Crippen LogP contribution in [0.3, 0.4) is 0 Å². The molecule has 0 aliphatic carbocycles. The number of anilines is 1. The Hall–Kier alpha value is -3.54. The van der Waals surface area contributed by atoms with E-state index in [9.17, 15) is 8.78 Å². The topological polar surface area (TPSA) is 28.0 Å². The van der Waals surface area contributed by atoms with Gasteiger partial charge < -0.3 is 4.90 Å². The largest absolute Gasteiger partial charge is 0.320 e. The molecule has 5 rings (SSSR count). The Balaban J connectivity index is 1.76. The molecule has 0 bridgehead atoms. The summed E-state index contributed by atoms with van der Waals surface area (Å²) in [5.41, 5.74) is 2.85. The number of aliphatic imine (C=N–C) groups is 2. The summed E-state index contributed by atoms with van der Waals surface area (Å²) in [5, 5.41) is 1.23. The molecule has 0 amide bonds. The lowest BCUT2D eigenvalue weighted by Gasteiger charge is -2.36. The van der Waals surface area contributed by atoms with Gasteiger partial charge in [-0.2, -0.15) is 0 Å². The molecule has 0 N–H and O–H groups in total. The van der Waals surface area contributed by atoms with E-state index >= 15 is 0 Å². The predicted octanol–water partition coefficient (Wildman–Crippen LogP) is 8.62. The molecule has 37 heavy (non-hydrogen) atoms. The van der Waals surface area contributed by atoms with Gasteiger partial charge in [-0.25, -0.2) is 13.8 Å². The smallest absolute Gasteiger partial charge is 0.146 e. The molecule has 0 saturated heterocycles. The number of amidine groups is 1. The molecular formula is C30H23Cl2F2N3. The third-order valence-electron chi connectivity index (χ3n) is 6.67. The molecule has 1 aliphatic heterocycles. The van der Waals surface area contributed by atoms with Gasteiger partial charge in [-0.1, -0.05) is 35.3 Å². The van der Waals surface area contributed by atoms with E-state index in [1.807, 2.05) is 43.3 Å². The molecule has 0 aromatic heterocycles. The molecule has 4 aromatic carbocycles. The molecule has 1 aliphatic rings. The first kappa shape index (κ1) is 25.1. The van der Waals surface area contributed by atoms with Gasteiger partial charge in [-0.3, -0.25) is 4.99 Å². The number of halogens is 4. The van der Waals surface area contributed by atoms with E-state index in [1.54, 1.807) is 36.4 Å². The van der Waals surface area contributed by atoms with Crippen LogP contribution in [0.25, 0.3) is 0 Å². The fourth-order valence-corrected chi connectivity index (χ4v) is 5.08. The standard InChI is InChI=1S/C30H23Cl2F2N3/c1-19(35-27-15-7-23(31)8-16-27)30(22-5-13-26(34)14-6-22)20(2)37(28-17-9-24(32)10-18-28)29(36-30)21-3-11-25(33)12-4-21/h3-18,20H,1-2H3. The molecule has 0 saturated carbocycles. The van der Waals surface area contributed by atoms with Crippen molar-refractivity contribution < 1.29 is 8.78 Å². The first-order valence-electron chi connectivity index (χ1n) is 11.8. The highest BCUT2D eigenvalue weighted by Crippen LogP contribution is 2.44. The van der Waals surface area contributed by atoms with E-state index in [0.29, 0.717) is 21.6 Å². The molecule has 0 spiro atoms. The first-order valence-corrected chi connectivity index (χ1v) is 12.5. The molecule has 186 valence electrons. The highest BCUT2D eigenvalue weighted by Gasteiger charge is 2.50. The maximum absolute atomic E-state index is 14.0. The Labute approximate surface area is 224 Å². The Morgan fingerprint density at radius 1 is 0.784 bits per heavy atom. The van der Waals surface area contributed by atoms with Crippen molar-refractivity contribution in [2.45, 2.75) is 25.4 Å². The van der Waals surface area contributed by atoms with Gasteiger partial charge >= 0.3 is 0 Å². The monoisotopic (exact) mass is 533 g/mol. The van der Waals surface area contributed by atoms with Gasteiger partial charge in [0.25, 0.3) is 0 Å². The maximum atomic E-state index is 14.0. The molecular weight excluding hydrogens is 511 g/mol. The second-order valence-electron chi connectivity index (χ2n) is 8.91. The van der Waals surface area contributed by atoms with Crippen LogP contribution in [0.5, 0.6) is 0 Å². The maximum Gasteiger partial charge on any atom is 0.146 e. The van der Waals surface area contributed by atoms with Gasteiger partial charge in [0.1, 0.15) is 23.0 Å². The van der Waals surface area contributed by atoms with E-state index in [4.69, 9.17) is 33.2 Å². The molecule has 2 atom stereocenters. The predicted molar refractivity (Wildman–Crippen MR) is 149 cm³/mol. The van der Waals surface area contributed by atoms with E-state index in [1.165, 1.54) is 24.3 Å². The molecule has 0 radical (unpaired) electrons. The van der Waals surface area contributed by atoms with Crippen LogP contribution >= 0.6 is 23.2 Å². The average Bonchev–Trinajstić information content (AvgIpc) is 3.20. The molecule has 1 heterocycles. The van der Waals surface area contributed by atoms with Crippen LogP contribution in [-0.4, -0.2) is 17.6 Å². The third-order valence-corrected chi connectivity index (χ3v) is 7.17. The SMILES string of the molecule is CC(=Nc1ccc(Cl)cc1)C1(c2ccc(F)cc2)N=C(c2ccc(F)cc2)N(c2ccc(Cl)cc2)C1C. The van der Waals surface area contributed by atoms with Crippen molar-refractivity contribution >= 4 is 46.1 Å². The van der Waals surface area contributed by atoms with Gasteiger partial charge in [0, 0.05) is 27.0 Å². The van der Waals surface area contributed by atoms with E-state index < -0.39 is 5.54 Å². The fraction of sp³-hybridized carbons (Fsp3) is 0.133. The van der Waals surface area contributed by atoms with Gasteiger partial charge in [0.15, 0.2) is 0 Å². The zero-order valence-electron chi connectivity index (χ0n) is 20.2. The summed E-state index contributed by atoms with van der Waals surface area (Å²) in [6.45, 7) is 3.98. The number of hydrogen-bond acceptors (Lipinski definition) is 3. The number of benzene rings is 4. The minimum absolute atomic E-state index is 0.282. The van der Waals surface area contributed by atoms with Crippen LogP contribution < -0.4 is 4.90 Å². The van der Waals surface area contributed by atoms with Crippen molar-refractivity contribution in [3.05, 3.63) is 130 Å².